The van der Waals surface area contributed by atoms with Gasteiger partial charge in [0, 0.05) is 6.61 Å². The van der Waals surface area contributed by atoms with Gasteiger partial charge in [-0.3, -0.25) is 0 Å². The van der Waals surface area contributed by atoms with Crippen LogP contribution >= 0.6 is 0 Å². The molecule has 1 aliphatic carbocycles. The summed E-state index contributed by atoms with van der Waals surface area (Å²) in [6, 6.07) is 0. The molecule has 36 heavy (non-hydrogen) atoms. The quantitative estimate of drug-likeness (QED) is 0.156. The summed E-state index contributed by atoms with van der Waals surface area (Å²) in [6.07, 6.45) is -0.730. The van der Waals surface area contributed by atoms with E-state index in [1.807, 2.05) is 0 Å². The molecule has 11 heteroatoms. The zero-order chi connectivity index (χ0) is 26.1. The van der Waals surface area contributed by atoms with Gasteiger partial charge in [0.25, 0.3) is 0 Å². The number of ether oxygens (including phenoxy) is 4. The minimum atomic E-state index is -1.69. The Morgan fingerprint density at radius 3 is 1.92 bits per heavy atom. The zero-order valence-corrected chi connectivity index (χ0v) is 21.0. The zero-order valence-electron chi connectivity index (χ0n) is 21.0. The average molecular weight is 523 g/mol. The van der Waals surface area contributed by atoms with Crippen LogP contribution in [0.2, 0.25) is 0 Å². The van der Waals surface area contributed by atoms with Gasteiger partial charge in [0.1, 0.15) is 48.8 Å². The van der Waals surface area contributed by atoms with Crippen molar-refractivity contribution in [2.75, 3.05) is 19.8 Å². The predicted molar refractivity (Wildman–Crippen MR) is 127 cm³/mol. The summed E-state index contributed by atoms with van der Waals surface area (Å²) in [6.45, 7) is -0.892. The molecule has 10 atom stereocenters. The van der Waals surface area contributed by atoms with Gasteiger partial charge in [0.15, 0.2) is 12.6 Å². The first-order valence-electron chi connectivity index (χ1n) is 13.6. The van der Waals surface area contributed by atoms with E-state index in [0.717, 1.165) is 25.2 Å². The topological polar surface area (TPSA) is 179 Å². The highest BCUT2D eigenvalue weighted by Crippen LogP contribution is 2.30. The highest BCUT2D eigenvalue weighted by molar-refractivity contribution is 4.94. The highest BCUT2D eigenvalue weighted by Gasteiger charge is 2.50. The number of aliphatic hydroxyl groups is 7. The maximum Gasteiger partial charge on any atom is 0.187 e. The summed E-state index contributed by atoms with van der Waals surface area (Å²) in [5.74, 6) is 0.909. The van der Waals surface area contributed by atoms with Gasteiger partial charge in [0.05, 0.1) is 13.2 Å². The number of rotatable bonds is 13. The van der Waals surface area contributed by atoms with Crippen LogP contribution in [-0.4, -0.2) is 117 Å². The second kappa shape index (κ2) is 15.2. The number of unbranched alkanes of at least 4 members (excludes halogenated alkanes) is 4. The largest absolute Gasteiger partial charge is 0.394 e. The molecule has 3 fully saturated rings. The Labute approximate surface area is 212 Å². The summed E-state index contributed by atoms with van der Waals surface area (Å²) >= 11 is 0. The SMILES string of the molecule is OC[C@H]1O[C@H](O[C@H]2[C@H](O)[C@@H](O)[C@H](OCCCCCCCC3CCCCC3)O[C@@H]2CO)[C@H](O)[C@@H](O)[C@@H]1O. The van der Waals surface area contributed by atoms with Crippen molar-refractivity contribution < 1.29 is 54.7 Å². The standard InChI is InChI=1S/C25H46O11/c26-13-16-18(28)19(29)21(31)25(34-16)36-23-17(14-27)35-24(22(32)20(23)30)33-12-8-3-1-2-5-9-15-10-6-4-7-11-15/h15-32H,1-14H2/t16-,17-,18-,19+,20-,21-,22-,23-,24-,25-/m1/s1. The molecule has 0 amide bonds. The number of hydrogen-bond acceptors (Lipinski definition) is 11. The van der Waals surface area contributed by atoms with Gasteiger partial charge in [0.2, 0.25) is 0 Å². The van der Waals surface area contributed by atoms with Crippen molar-refractivity contribution in [1.82, 2.24) is 0 Å². The van der Waals surface area contributed by atoms with Crippen LogP contribution in [0.4, 0.5) is 0 Å². The van der Waals surface area contributed by atoms with Gasteiger partial charge < -0.3 is 54.7 Å². The van der Waals surface area contributed by atoms with Crippen LogP contribution in [0.5, 0.6) is 0 Å². The first kappa shape index (κ1) is 30.1. The molecular formula is C25H46O11. The van der Waals surface area contributed by atoms with E-state index in [1.54, 1.807) is 0 Å². The van der Waals surface area contributed by atoms with Gasteiger partial charge in [-0.15, -0.1) is 0 Å². The Morgan fingerprint density at radius 1 is 0.611 bits per heavy atom. The lowest BCUT2D eigenvalue weighted by Gasteiger charge is -2.45. The molecule has 212 valence electrons. The van der Waals surface area contributed by atoms with E-state index in [9.17, 15) is 35.7 Å². The third-order valence-corrected chi connectivity index (χ3v) is 7.72. The molecule has 0 spiro atoms. The van der Waals surface area contributed by atoms with E-state index in [4.69, 9.17) is 18.9 Å². The van der Waals surface area contributed by atoms with Gasteiger partial charge in [-0.05, 0) is 12.3 Å². The van der Waals surface area contributed by atoms with Crippen molar-refractivity contribution in [3.8, 4) is 0 Å². The lowest BCUT2D eigenvalue weighted by atomic mass is 9.85. The fourth-order valence-corrected chi connectivity index (χ4v) is 5.43. The first-order valence-corrected chi connectivity index (χ1v) is 13.6. The van der Waals surface area contributed by atoms with E-state index in [0.29, 0.717) is 6.61 Å². The fourth-order valence-electron chi connectivity index (χ4n) is 5.43. The van der Waals surface area contributed by atoms with Gasteiger partial charge in [-0.25, -0.2) is 0 Å². The molecular weight excluding hydrogens is 476 g/mol. The van der Waals surface area contributed by atoms with E-state index in [-0.39, 0.29) is 0 Å². The van der Waals surface area contributed by atoms with Crippen LogP contribution in [0.3, 0.4) is 0 Å². The minimum absolute atomic E-state index is 0.327. The summed E-state index contributed by atoms with van der Waals surface area (Å²) in [5, 5.41) is 70.3. The van der Waals surface area contributed by atoms with Crippen molar-refractivity contribution in [3.63, 3.8) is 0 Å². The van der Waals surface area contributed by atoms with Crippen LogP contribution in [0.25, 0.3) is 0 Å². The van der Waals surface area contributed by atoms with Crippen molar-refractivity contribution in [3.05, 3.63) is 0 Å². The van der Waals surface area contributed by atoms with Crippen molar-refractivity contribution in [2.24, 2.45) is 5.92 Å². The molecule has 0 aromatic rings. The van der Waals surface area contributed by atoms with Crippen molar-refractivity contribution in [2.45, 2.75) is 132 Å². The predicted octanol–water partition coefficient (Wildman–Crippen LogP) is -0.452. The van der Waals surface area contributed by atoms with Gasteiger partial charge >= 0.3 is 0 Å². The molecule has 0 unspecified atom stereocenters. The fraction of sp³-hybridized carbons (Fsp3) is 1.00. The van der Waals surface area contributed by atoms with Crippen LogP contribution in [-0.2, 0) is 18.9 Å². The summed E-state index contributed by atoms with van der Waals surface area (Å²) < 4.78 is 22.1. The normalized spacial score (nSPS) is 40.4. The van der Waals surface area contributed by atoms with Crippen LogP contribution < -0.4 is 0 Å². The lowest BCUT2D eigenvalue weighted by Crippen LogP contribution is -2.64. The van der Waals surface area contributed by atoms with Crippen LogP contribution in [0, 0.1) is 5.92 Å². The Hall–Kier alpha value is -0.440. The van der Waals surface area contributed by atoms with E-state index >= 15 is 0 Å². The summed E-state index contributed by atoms with van der Waals surface area (Å²) in [7, 11) is 0. The molecule has 0 bridgehead atoms. The van der Waals surface area contributed by atoms with E-state index in [1.165, 1.54) is 51.4 Å². The average Bonchev–Trinajstić information content (AvgIpc) is 2.90. The second-order valence-electron chi connectivity index (χ2n) is 10.4. The smallest absolute Gasteiger partial charge is 0.187 e. The number of aliphatic hydroxyl groups excluding tert-OH is 7. The summed E-state index contributed by atoms with van der Waals surface area (Å²) in [4.78, 5) is 0. The molecule has 7 N–H and O–H groups in total. The number of hydrogen-bond donors (Lipinski definition) is 7. The molecule has 0 aromatic carbocycles. The molecule has 0 aromatic heterocycles. The molecule has 3 aliphatic rings. The molecule has 0 radical (unpaired) electrons. The molecule has 1 saturated carbocycles. The Morgan fingerprint density at radius 2 is 1.22 bits per heavy atom. The lowest BCUT2D eigenvalue weighted by molar-refractivity contribution is -0.359. The maximum atomic E-state index is 10.6. The summed E-state index contributed by atoms with van der Waals surface area (Å²) in [5.41, 5.74) is 0. The third kappa shape index (κ3) is 8.03. The van der Waals surface area contributed by atoms with Crippen LogP contribution in [0.15, 0.2) is 0 Å². The Kier molecular flexibility index (Phi) is 12.7. The third-order valence-electron chi connectivity index (χ3n) is 7.72. The maximum absolute atomic E-state index is 10.6. The van der Waals surface area contributed by atoms with Crippen molar-refractivity contribution >= 4 is 0 Å². The van der Waals surface area contributed by atoms with E-state index < -0.39 is 74.6 Å². The highest BCUT2D eigenvalue weighted by atomic mass is 16.7. The van der Waals surface area contributed by atoms with Crippen LogP contribution in [0.1, 0.15) is 70.6 Å². The molecule has 3 rings (SSSR count). The van der Waals surface area contributed by atoms with Gasteiger partial charge in [-0.2, -0.15) is 0 Å². The minimum Gasteiger partial charge on any atom is -0.394 e. The molecule has 11 nitrogen and oxygen atoms in total. The molecule has 2 saturated heterocycles. The van der Waals surface area contributed by atoms with E-state index in [2.05, 4.69) is 0 Å². The van der Waals surface area contributed by atoms with Gasteiger partial charge in [-0.1, -0.05) is 64.2 Å². The second-order valence-corrected chi connectivity index (χ2v) is 10.4. The first-order chi connectivity index (χ1) is 17.4. The molecule has 2 aliphatic heterocycles. The Balaban J connectivity index is 1.38. The monoisotopic (exact) mass is 522 g/mol. The molecule has 2 heterocycles. The van der Waals surface area contributed by atoms with Crippen molar-refractivity contribution in [1.29, 1.82) is 0 Å². The Bertz CT molecular complexity index is 601.